The Morgan fingerprint density at radius 1 is 0.800 bits per heavy atom. The van der Waals surface area contributed by atoms with Crippen molar-refractivity contribution in [2.24, 2.45) is 4.99 Å². The van der Waals surface area contributed by atoms with Crippen LogP contribution in [0.5, 0.6) is 0 Å². The summed E-state index contributed by atoms with van der Waals surface area (Å²) in [6.45, 7) is 2.10. The smallest absolute Gasteiger partial charge is 0.0641 e. The fraction of sp³-hybridized carbons (Fsp3) is 0.0556. The highest BCUT2D eigenvalue weighted by molar-refractivity contribution is 5.81. The lowest BCUT2D eigenvalue weighted by Crippen LogP contribution is -2.00. The van der Waals surface area contributed by atoms with Gasteiger partial charge in [0.25, 0.3) is 0 Å². The van der Waals surface area contributed by atoms with Crippen LogP contribution in [0.15, 0.2) is 77.8 Å². The Bertz CT molecular complexity index is 710. The molecule has 1 aromatic heterocycles. The Morgan fingerprint density at radius 3 is 2.15 bits per heavy atom. The molecule has 0 unspecified atom stereocenters. The third-order valence-corrected chi connectivity index (χ3v) is 3.22. The van der Waals surface area contributed by atoms with Gasteiger partial charge < -0.3 is 4.57 Å². The van der Waals surface area contributed by atoms with Crippen LogP contribution < -0.4 is 0 Å². The highest BCUT2D eigenvalue weighted by Gasteiger charge is 2.04. The fourth-order valence-corrected chi connectivity index (χ4v) is 2.24. The van der Waals surface area contributed by atoms with Crippen LogP contribution in [0.1, 0.15) is 11.4 Å². The maximum Gasteiger partial charge on any atom is 0.0641 e. The number of aromatic nitrogens is 1. The molecule has 0 fully saturated rings. The van der Waals surface area contributed by atoms with Gasteiger partial charge in [-0.2, -0.15) is 0 Å². The van der Waals surface area contributed by atoms with Crippen LogP contribution in [0.4, 0.5) is 5.69 Å². The Morgan fingerprint density at radius 2 is 1.45 bits per heavy atom. The Labute approximate surface area is 119 Å². The molecule has 2 aromatic carbocycles. The van der Waals surface area contributed by atoms with Gasteiger partial charge in [-0.15, -0.1) is 0 Å². The van der Waals surface area contributed by atoms with Gasteiger partial charge in [0, 0.05) is 11.4 Å². The first-order chi connectivity index (χ1) is 9.84. The minimum atomic E-state index is 0.964. The monoisotopic (exact) mass is 260 g/mol. The number of aliphatic imine (C=N–C) groups is 1. The summed E-state index contributed by atoms with van der Waals surface area (Å²) in [4.78, 5) is 4.53. The van der Waals surface area contributed by atoms with Crippen LogP contribution in [-0.4, -0.2) is 10.8 Å². The first-order valence-corrected chi connectivity index (χ1v) is 6.67. The van der Waals surface area contributed by atoms with E-state index in [1.54, 1.807) is 0 Å². The maximum atomic E-state index is 4.53. The van der Waals surface area contributed by atoms with Gasteiger partial charge in [0.2, 0.25) is 0 Å². The van der Waals surface area contributed by atoms with E-state index >= 15 is 0 Å². The Kier molecular flexibility index (Phi) is 3.46. The summed E-state index contributed by atoms with van der Waals surface area (Å²) < 4.78 is 2.20. The van der Waals surface area contributed by atoms with Gasteiger partial charge in [-0.25, -0.2) is 0 Å². The SMILES string of the molecule is Cc1ccc(C=Nc2ccccc2)n1-c1ccccc1. The van der Waals surface area contributed by atoms with E-state index in [0.717, 1.165) is 17.1 Å². The zero-order chi connectivity index (χ0) is 13.8. The van der Waals surface area contributed by atoms with Crippen LogP contribution in [0.3, 0.4) is 0 Å². The molecular formula is C18H16N2. The van der Waals surface area contributed by atoms with E-state index in [-0.39, 0.29) is 0 Å². The van der Waals surface area contributed by atoms with E-state index in [2.05, 4.69) is 40.7 Å². The van der Waals surface area contributed by atoms with Crippen molar-refractivity contribution >= 4 is 11.9 Å². The standard InChI is InChI=1S/C18H16N2/c1-15-12-13-18(14-19-16-8-4-2-5-9-16)20(15)17-10-6-3-7-11-17/h2-14H,1H3. The normalized spacial score (nSPS) is 11.1. The van der Waals surface area contributed by atoms with Crippen molar-refractivity contribution in [2.75, 3.05) is 0 Å². The van der Waals surface area contributed by atoms with Gasteiger partial charge in [0.1, 0.15) is 0 Å². The Balaban J connectivity index is 1.98. The molecule has 0 N–H and O–H groups in total. The van der Waals surface area contributed by atoms with Gasteiger partial charge in [0.05, 0.1) is 17.6 Å². The lowest BCUT2D eigenvalue weighted by molar-refractivity contribution is 1.01. The molecule has 0 amide bonds. The summed E-state index contributed by atoms with van der Waals surface area (Å²) in [5.74, 6) is 0. The van der Waals surface area contributed by atoms with Crippen molar-refractivity contribution < 1.29 is 0 Å². The molecule has 3 rings (SSSR count). The third kappa shape index (κ3) is 2.54. The number of rotatable bonds is 3. The molecule has 0 saturated heterocycles. The third-order valence-electron chi connectivity index (χ3n) is 3.22. The fourth-order valence-electron chi connectivity index (χ4n) is 2.24. The van der Waals surface area contributed by atoms with Crippen molar-refractivity contribution in [3.63, 3.8) is 0 Å². The molecule has 2 heteroatoms. The Hall–Kier alpha value is -2.61. The summed E-state index contributed by atoms with van der Waals surface area (Å²) >= 11 is 0. The molecule has 1 heterocycles. The molecule has 0 radical (unpaired) electrons. The molecule has 3 aromatic rings. The van der Waals surface area contributed by atoms with E-state index in [1.165, 1.54) is 5.69 Å². The maximum absolute atomic E-state index is 4.53. The summed E-state index contributed by atoms with van der Waals surface area (Å²) in [7, 11) is 0. The van der Waals surface area contributed by atoms with Gasteiger partial charge in [-0.3, -0.25) is 4.99 Å². The van der Waals surface area contributed by atoms with Gasteiger partial charge >= 0.3 is 0 Å². The zero-order valence-corrected chi connectivity index (χ0v) is 11.4. The van der Waals surface area contributed by atoms with E-state index in [4.69, 9.17) is 0 Å². The number of para-hydroxylation sites is 2. The summed E-state index contributed by atoms with van der Waals surface area (Å²) in [5.41, 5.74) is 4.40. The van der Waals surface area contributed by atoms with Gasteiger partial charge in [0.15, 0.2) is 0 Å². The number of aryl methyl sites for hydroxylation is 1. The molecule has 0 bridgehead atoms. The lowest BCUT2D eigenvalue weighted by atomic mass is 10.3. The second-order valence-electron chi connectivity index (χ2n) is 4.66. The topological polar surface area (TPSA) is 17.3 Å². The van der Waals surface area contributed by atoms with Crippen molar-refractivity contribution in [1.82, 2.24) is 4.57 Å². The number of hydrogen-bond acceptors (Lipinski definition) is 1. The van der Waals surface area contributed by atoms with E-state index in [0.29, 0.717) is 0 Å². The molecule has 0 saturated carbocycles. The first kappa shape index (κ1) is 12.4. The minimum Gasteiger partial charge on any atom is -0.313 e. The number of hydrogen-bond donors (Lipinski definition) is 0. The van der Waals surface area contributed by atoms with Crippen LogP contribution in [0.25, 0.3) is 5.69 Å². The van der Waals surface area contributed by atoms with Crippen LogP contribution >= 0.6 is 0 Å². The molecule has 20 heavy (non-hydrogen) atoms. The molecular weight excluding hydrogens is 244 g/mol. The average molecular weight is 260 g/mol. The number of nitrogens with zero attached hydrogens (tertiary/aromatic N) is 2. The average Bonchev–Trinajstić information content (AvgIpc) is 2.88. The van der Waals surface area contributed by atoms with Crippen molar-refractivity contribution in [1.29, 1.82) is 0 Å². The van der Waals surface area contributed by atoms with Crippen LogP contribution in [0, 0.1) is 6.92 Å². The first-order valence-electron chi connectivity index (χ1n) is 6.67. The van der Waals surface area contributed by atoms with Gasteiger partial charge in [-0.05, 0) is 43.3 Å². The van der Waals surface area contributed by atoms with Crippen molar-refractivity contribution in [3.05, 3.63) is 84.2 Å². The molecule has 0 spiro atoms. The molecule has 2 nitrogen and oxygen atoms in total. The largest absolute Gasteiger partial charge is 0.313 e. The summed E-state index contributed by atoms with van der Waals surface area (Å²) in [6.07, 6.45) is 1.91. The van der Waals surface area contributed by atoms with E-state index in [1.807, 2.05) is 54.7 Å². The van der Waals surface area contributed by atoms with Crippen LogP contribution in [-0.2, 0) is 0 Å². The predicted molar refractivity (Wildman–Crippen MR) is 84.2 cm³/mol. The highest BCUT2D eigenvalue weighted by Crippen LogP contribution is 2.16. The molecule has 98 valence electrons. The lowest BCUT2D eigenvalue weighted by Gasteiger charge is -2.08. The quantitative estimate of drug-likeness (QED) is 0.615. The highest BCUT2D eigenvalue weighted by atomic mass is 15.0. The predicted octanol–water partition coefficient (Wildman–Crippen LogP) is 4.54. The minimum absolute atomic E-state index is 0.964. The van der Waals surface area contributed by atoms with E-state index in [9.17, 15) is 0 Å². The summed E-state index contributed by atoms with van der Waals surface area (Å²) in [6, 6.07) is 24.5. The zero-order valence-electron chi connectivity index (χ0n) is 11.4. The second-order valence-corrected chi connectivity index (χ2v) is 4.66. The summed E-state index contributed by atoms with van der Waals surface area (Å²) in [5, 5.41) is 0. The molecule has 0 aliphatic carbocycles. The van der Waals surface area contributed by atoms with Gasteiger partial charge in [-0.1, -0.05) is 36.4 Å². The van der Waals surface area contributed by atoms with E-state index < -0.39 is 0 Å². The molecule has 0 aliphatic heterocycles. The second kappa shape index (κ2) is 5.57. The van der Waals surface area contributed by atoms with Crippen LogP contribution in [0.2, 0.25) is 0 Å². The number of benzene rings is 2. The molecule has 0 aliphatic rings. The molecule has 0 atom stereocenters. The van der Waals surface area contributed by atoms with Crippen molar-refractivity contribution in [3.8, 4) is 5.69 Å². The van der Waals surface area contributed by atoms with Crippen molar-refractivity contribution in [2.45, 2.75) is 6.92 Å².